The Morgan fingerprint density at radius 1 is 0.957 bits per heavy atom. The van der Waals surface area contributed by atoms with Gasteiger partial charge in [0.05, 0.1) is 6.61 Å². The van der Waals surface area contributed by atoms with Crippen LogP contribution in [0.25, 0.3) is 0 Å². The van der Waals surface area contributed by atoms with Gasteiger partial charge in [0, 0.05) is 12.6 Å². The van der Waals surface area contributed by atoms with E-state index < -0.39 is 0 Å². The first-order valence-corrected chi connectivity index (χ1v) is 8.13. The Kier molecular flexibility index (Phi) is 7.18. The minimum absolute atomic E-state index is 0.498. The van der Waals surface area contributed by atoms with Crippen LogP contribution in [0.3, 0.4) is 0 Å². The van der Waals surface area contributed by atoms with Crippen molar-refractivity contribution >= 4 is 6.21 Å². The molecule has 0 aliphatic heterocycles. The fourth-order valence-corrected chi connectivity index (χ4v) is 2.06. The van der Waals surface area contributed by atoms with E-state index in [0.717, 1.165) is 18.6 Å². The van der Waals surface area contributed by atoms with Crippen LogP contribution in [0.5, 0.6) is 5.75 Å². The number of hydrogen-bond acceptors (Lipinski definition) is 3. The third kappa shape index (κ3) is 7.00. The zero-order valence-corrected chi connectivity index (χ0v) is 13.9. The summed E-state index contributed by atoms with van der Waals surface area (Å²) in [5.41, 5.74) is 2.60. The molecule has 0 fully saturated rings. The lowest BCUT2D eigenvalue weighted by Crippen LogP contribution is -2.00. The highest BCUT2D eigenvalue weighted by molar-refractivity contribution is 5.56. The molecule has 122 valence electrons. The molecule has 2 aromatic carbocycles. The van der Waals surface area contributed by atoms with Crippen molar-refractivity contribution in [3.05, 3.63) is 65.7 Å². The Hall–Kier alpha value is -2.29. The summed E-state index contributed by atoms with van der Waals surface area (Å²) in [6, 6.07) is 18.7. The zero-order valence-electron chi connectivity index (χ0n) is 13.9. The van der Waals surface area contributed by atoms with E-state index in [1.54, 1.807) is 6.21 Å². The maximum Gasteiger partial charge on any atom is 0.119 e. The van der Waals surface area contributed by atoms with Gasteiger partial charge in [0.25, 0.3) is 0 Å². The predicted molar refractivity (Wildman–Crippen MR) is 95.1 cm³/mol. The summed E-state index contributed by atoms with van der Waals surface area (Å²) in [4.78, 5) is 5.13. The first-order chi connectivity index (χ1) is 11.2. The number of nitrogens with zero attached hydrogens (tertiary/aromatic N) is 1. The number of benzene rings is 2. The molecular formula is C20H25NO2. The summed E-state index contributed by atoms with van der Waals surface area (Å²) in [5.74, 6) is 1.39. The fraction of sp³-hybridized carbons (Fsp3) is 0.350. The van der Waals surface area contributed by atoms with Crippen LogP contribution in [-0.4, -0.2) is 19.4 Å². The third-order valence-electron chi connectivity index (χ3n) is 3.25. The lowest BCUT2D eigenvalue weighted by Gasteiger charge is -2.06. The molecule has 0 spiro atoms. The second-order valence-electron chi connectivity index (χ2n) is 5.92. The number of ether oxygens (including phenoxy) is 1. The standard InChI is InChI=1S/C20H25NO2/c1-17(2)16-23-21-13-6-14-22-20-11-9-19(10-12-20)15-18-7-4-3-5-8-18/h3-5,7-13,17H,6,14-16H2,1-2H3/b21-13+. The largest absolute Gasteiger partial charge is 0.493 e. The van der Waals surface area contributed by atoms with Crippen molar-refractivity contribution in [2.24, 2.45) is 11.1 Å². The molecule has 0 amide bonds. The van der Waals surface area contributed by atoms with Crippen LogP contribution in [0.4, 0.5) is 0 Å². The van der Waals surface area contributed by atoms with Crippen molar-refractivity contribution in [2.45, 2.75) is 26.7 Å². The van der Waals surface area contributed by atoms with E-state index >= 15 is 0 Å². The van der Waals surface area contributed by atoms with Crippen LogP contribution >= 0.6 is 0 Å². The number of rotatable bonds is 9. The first kappa shape index (κ1) is 17.1. The van der Waals surface area contributed by atoms with Crippen LogP contribution in [0.1, 0.15) is 31.4 Å². The van der Waals surface area contributed by atoms with Gasteiger partial charge in [-0.25, -0.2) is 0 Å². The van der Waals surface area contributed by atoms with Gasteiger partial charge in [-0.15, -0.1) is 0 Å². The van der Waals surface area contributed by atoms with E-state index in [1.165, 1.54) is 11.1 Å². The second-order valence-corrected chi connectivity index (χ2v) is 5.92. The molecule has 0 aliphatic carbocycles. The van der Waals surface area contributed by atoms with Gasteiger partial charge in [-0.3, -0.25) is 0 Å². The fourth-order valence-electron chi connectivity index (χ4n) is 2.06. The molecule has 0 N–H and O–H groups in total. The van der Waals surface area contributed by atoms with E-state index in [2.05, 4.69) is 55.4 Å². The highest BCUT2D eigenvalue weighted by atomic mass is 16.6. The van der Waals surface area contributed by atoms with Crippen molar-refractivity contribution in [1.29, 1.82) is 0 Å². The second kappa shape index (κ2) is 9.67. The van der Waals surface area contributed by atoms with Crippen LogP contribution < -0.4 is 4.74 Å². The molecule has 0 saturated carbocycles. The van der Waals surface area contributed by atoms with Crippen LogP contribution in [0.15, 0.2) is 59.8 Å². The van der Waals surface area contributed by atoms with E-state index in [-0.39, 0.29) is 0 Å². The molecule has 0 saturated heterocycles. The minimum Gasteiger partial charge on any atom is -0.493 e. The Bertz CT molecular complexity index is 576. The summed E-state index contributed by atoms with van der Waals surface area (Å²) in [7, 11) is 0. The zero-order chi connectivity index (χ0) is 16.3. The lowest BCUT2D eigenvalue weighted by atomic mass is 10.1. The Morgan fingerprint density at radius 2 is 1.65 bits per heavy atom. The van der Waals surface area contributed by atoms with Crippen molar-refractivity contribution in [3.63, 3.8) is 0 Å². The quantitative estimate of drug-likeness (QED) is 0.381. The molecule has 2 aromatic rings. The van der Waals surface area contributed by atoms with Gasteiger partial charge in [0.15, 0.2) is 0 Å². The normalized spacial score (nSPS) is 11.1. The van der Waals surface area contributed by atoms with Gasteiger partial charge in [0.2, 0.25) is 0 Å². The molecule has 3 nitrogen and oxygen atoms in total. The molecule has 0 aromatic heterocycles. The van der Waals surface area contributed by atoms with Gasteiger partial charge in [-0.2, -0.15) is 0 Å². The Balaban J connectivity index is 1.69. The topological polar surface area (TPSA) is 30.8 Å². The summed E-state index contributed by atoms with van der Waals surface area (Å²) >= 11 is 0. The van der Waals surface area contributed by atoms with Crippen LogP contribution in [-0.2, 0) is 11.3 Å². The van der Waals surface area contributed by atoms with Gasteiger partial charge in [0.1, 0.15) is 12.4 Å². The van der Waals surface area contributed by atoms with E-state index in [1.807, 2.05) is 18.2 Å². The van der Waals surface area contributed by atoms with Gasteiger partial charge in [-0.05, 0) is 35.6 Å². The summed E-state index contributed by atoms with van der Waals surface area (Å²) in [6.45, 7) is 5.45. The summed E-state index contributed by atoms with van der Waals surface area (Å²) in [5, 5.41) is 3.90. The average molecular weight is 311 g/mol. The van der Waals surface area contributed by atoms with Crippen molar-refractivity contribution in [1.82, 2.24) is 0 Å². The van der Waals surface area contributed by atoms with E-state index in [0.29, 0.717) is 19.1 Å². The van der Waals surface area contributed by atoms with Crippen molar-refractivity contribution < 1.29 is 9.57 Å². The average Bonchev–Trinajstić information content (AvgIpc) is 2.56. The maximum absolute atomic E-state index is 5.69. The molecule has 23 heavy (non-hydrogen) atoms. The SMILES string of the molecule is CC(C)CO/N=C/CCOc1ccc(Cc2ccccc2)cc1. The molecule has 3 heteroatoms. The Labute approximate surface area is 138 Å². The Morgan fingerprint density at radius 3 is 2.35 bits per heavy atom. The monoisotopic (exact) mass is 311 g/mol. The highest BCUT2D eigenvalue weighted by Gasteiger charge is 1.97. The van der Waals surface area contributed by atoms with Gasteiger partial charge in [-0.1, -0.05) is 61.5 Å². The molecule has 0 atom stereocenters. The number of hydrogen-bond donors (Lipinski definition) is 0. The molecule has 0 unspecified atom stereocenters. The molecule has 0 bridgehead atoms. The highest BCUT2D eigenvalue weighted by Crippen LogP contribution is 2.15. The lowest BCUT2D eigenvalue weighted by molar-refractivity contribution is 0.119. The van der Waals surface area contributed by atoms with Gasteiger partial charge < -0.3 is 9.57 Å². The molecule has 0 heterocycles. The van der Waals surface area contributed by atoms with Crippen LogP contribution in [0.2, 0.25) is 0 Å². The molecule has 2 rings (SSSR count). The molecular weight excluding hydrogens is 286 g/mol. The number of oxime groups is 1. The maximum atomic E-state index is 5.69. The predicted octanol–water partition coefficient (Wildman–Crippen LogP) is 4.70. The molecule has 0 aliphatic rings. The van der Waals surface area contributed by atoms with E-state index in [9.17, 15) is 0 Å². The van der Waals surface area contributed by atoms with E-state index in [4.69, 9.17) is 9.57 Å². The van der Waals surface area contributed by atoms with Gasteiger partial charge >= 0.3 is 0 Å². The molecule has 0 radical (unpaired) electrons. The first-order valence-electron chi connectivity index (χ1n) is 8.13. The van der Waals surface area contributed by atoms with Crippen molar-refractivity contribution in [2.75, 3.05) is 13.2 Å². The smallest absolute Gasteiger partial charge is 0.119 e. The van der Waals surface area contributed by atoms with Crippen LogP contribution in [0, 0.1) is 5.92 Å². The third-order valence-corrected chi connectivity index (χ3v) is 3.25. The van der Waals surface area contributed by atoms with Crippen molar-refractivity contribution in [3.8, 4) is 5.75 Å². The summed E-state index contributed by atoms with van der Waals surface area (Å²) < 4.78 is 5.69. The minimum atomic E-state index is 0.498. The summed E-state index contributed by atoms with van der Waals surface area (Å²) in [6.07, 6.45) is 3.44.